The summed E-state index contributed by atoms with van der Waals surface area (Å²) in [5, 5.41) is 14.4. The van der Waals surface area contributed by atoms with E-state index in [0.717, 1.165) is 19.3 Å². The molecule has 0 spiro atoms. The van der Waals surface area contributed by atoms with Crippen LogP contribution in [0.3, 0.4) is 0 Å². The molecule has 1 aromatic rings. The van der Waals surface area contributed by atoms with Crippen molar-refractivity contribution in [2.45, 2.75) is 46.1 Å². The van der Waals surface area contributed by atoms with E-state index in [0.29, 0.717) is 23.9 Å². The zero-order valence-corrected chi connectivity index (χ0v) is 18.0. The molecule has 1 aromatic carbocycles. The third-order valence-corrected chi connectivity index (χ3v) is 5.22. The molecule has 0 bridgehead atoms. The minimum Gasteiger partial charge on any atom is -0.495 e. The maximum absolute atomic E-state index is 13.3. The predicted octanol–water partition coefficient (Wildman–Crippen LogP) is 2.37. The molecule has 1 aliphatic carbocycles. The number of hydrogen-bond acceptors (Lipinski definition) is 5. The molecule has 1 atom stereocenters. The molecule has 0 aliphatic heterocycles. The van der Waals surface area contributed by atoms with Crippen LogP contribution in [0.15, 0.2) is 24.3 Å². The fraction of sp³-hybridized carbons (Fsp3) is 0.571. The van der Waals surface area contributed by atoms with Crippen molar-refractivity contribution in [3.63, 3.8) is 0 Å². The number of rotatable bonds is 8. The highest BCUT2D eigenvalue weighted by molar-refractivity contribution is 5.96. The normalized spacial score (nSPS) is 14.8. The summed E-state index contributed by atoms with van der Waals surface area (Å²) < 4.78 is 5.24. The molecule has 0 aromatic heterocycles. The van der Waals surface area contributed by atoms with E-state index < -0.39 is 23.4 Å². The van der Waals surface area contributed by atoms with Crippen molar-refractivity contribution in [3.8, 4) is 5.75 Å². The van der Waals surface area contributed by atoms with Gasteiger partial charge in [-0.05, 0) is 36.3 Å². The Hall–Kier alpha value is -2.81. The average molecular weight is 421 g/mol. The lowest BCUT2D eigenvalue weighted by Gasteiger charge is -2.37. The first-order valence-electron chi connectivity index (χ1n) is 10.1. The van der Waals surface area contributed by atoms with Crippen LogP contribution in [0.1, 0.15) is 40.0 Å². The van der Waals surface area contributed by atoms with Crippen molar-refractivity contribution < 1.29 is 24.3 Å². The molecule has 1 fully saturated rings. The van der Waals surface area contributed by atoms with Crippen LogP contribution in [0.2, 0.25) is 0 Å². The highest BCUT2D eigenvalue weighted by Gasteiger charge is 2.37. The molecule has 0 saturated heterocycles. The molecule has 1 saturated carbocycles. The number of anilines is 1. The molecule has 4 N–H and O–H groups in total. The van der Waals surface area contributed by atoms with Gasteiger partial charge in [0.1, 0.15) is 18.3 Å². The summed E-state index contributed by atoms with van der Waals surface area (Å²) in [6.45, 7) is 5.66. The van der Waals surface area contributed by atoms with Gasteiger partial charge in [0.2, 0.25) is 5.91 Å². The number of carbonyl (C=O) groups excluding carboxylic acids is 3. The molecule has 9 heteroatoms. The molecule has 166 valence electrons. The predicted molar refractivity (Wildman–Crippen MR) is 112 cm³/mol. The SMILES string of the molecule is COc1ccccc1NC(=O)N[C@H](C(=O)N(CC(=O)NO)CC1CCC1)C(C)(C)C. The van der Waals surface area contributed by atoms with Gasteiger partial charge < -0.3 is 20.3 Å². The van der Waals surface area contributed by atoms with Crippen LogP contribution in [0.4, 0.5) is 10.5 Å². The zero-order chi connectivity index (χ0) is 22.3. The monoisotopic (exact) mass is 420 g/mol. The molecule has 2 rings (SSSR count). The number of carbonyl (C=O) groups is 3. The van der Waals surface area contributed by atoms with Gasteiger partial charge in [0.05, 0.1) is 12.8 Å². The lowest BCUT2D eigenvalue weighted by Crippen LogP contribution is -2.57. The Kier molecular flexibility index (Phi) is 8.05. The molecule has 0 radical (unpaired) electrons. The average Bonchev–Trinajstić information content (AvgIpc) is 2.66. The summed E-state index contributed by atoms with van der Waals surface area (Å²) in [7, 11) is 1.50. The molecule has 1 aliphatic rings. The van der Waals surface area contributed by atoms with E-state index in [-0.39, 0.29) is 12.5 Å². The first-order chi connectivity index (χ1) is 14.2. The van der Waals surface area contributed by atoms with Crippen molar-refractivity contribution in [1.29, 1.82) is 0 Å². The van der Waals surface area contributed by atoms with Crippen LogP contribution >= 0.6 is 0 Å². The molecule has 30 heavy (non-hydrogen) atoms. The summed E-state index contributed by atoms with van der Waals surface area (Å²) in [4.78, 5) is 39.2. The third-order valence-electron chi connectivity index (χ3n) is 5.22. The van der Waals surface area contributed by atoms with E-state index in [1.807, 2.05) is 20.8 Å². The fourth-order valence-electron chi connectivity index (χ4n) is 3.30. The van der Waals surface area contributed by atoms with E-state index in [2.05, 4.69) is 10.6 Å². The number of benzene rings is 1. The maximum Gasteiger partial charge on any atom is 0.320 e. The Morgan fingerprint density at radius 3 is 2.43 bits per heavy atom. The highest BCUT2D eigenvalue weighted by atomic mass is 16.5. The van der Waals surface area contributed by atoms with Crippen molar-refractivity contribution in [1.82, 2.24) is 15.7 Å². The Morgan fingerprint density at radius 1 is 1.23 bits per heavy atom. The molecule has 0 unspecified atom stereocenters. The van der Waals surface area contributed by atoms with Gasteiger partial charge in [0.25, 0.3) is 5.91 Å². The van der Waals surface area contributed by atoms with E-state index in [1.165, 1.54) is 12.0 Å². The highest BCUT2D eigenvalue weighted by Crippen LogP contribution is 2.29. The molecule has 0 heterocycles. The summed E-state index contributed by atoms with van der Waals surface area (Å²) >= 11 is 0. The zero-order valence-electron chi connectivity index (χ0n) is 18.0. The van der Waals surface area contributed by atoms with Gasteiger partial charge in [-0.1, -0.05) is 39.3 Å². The first kappa shape index (κ1) is 23.5. The van der Waals surface area contributed by atoms with Crippen LogP contribution in [-0.4, -0.2) is 54.2 Å². The number of methoxy groups -OCH3 is 1. The van der Waals surface area contributed by atoms with Crippen molar-refractivity contribution in [2.24, 2.45) is 11.3 Å². The van der Waals surface area contributed by atoms with E-state index in [4.69, 9.17) is 9.94 Å². The molecule has 9 nitrogen and oxygen atoms in total. The van der Waals surface area contributed by atoms with Gasteiger partial charge in [0, 0.05) is 6.54 Å². The van der Waals surface area contributed by atoms with Crippen LogP contribution in [0, 0.1) is 11.3 Å². The van der Waals surface area contributed by atoms with Gasteiger partial charge in [-0.2, -0.15) is 0 Å². The van der Waals surface area contributed by atoms with Crippen LogP contribution in [0.5, 0.6) is 5.75 Å². The number of nitrogens with zero attached hydrogens (tertiary/aromatic N) is 1. The van der Waals surface area contributed by atoms with Gasteiger partial charge in [-0.3, -0.25) is 14.8 Å². The van der Waals surface area contributed by atoms with Crippen molar-refractivity contribution in [3.05, 3.63) is 24.3 Å². The van der Waals surface area contributed by atoms with Crippen LogP contribution in [0.25, 0.3) is 0 Å². The number of ether oxygens (including phenoxy) is 1. The fourth-order valence-corrected chi connectivity index (χ4v) is 3.30. The molecular formula is C21H32N4O5. The van der Waals surface area contributed by atoms with Crippen molar-refractivity contribution in [2.75, 3.05) is 25.5 Å². The number of hydrogen-bond donors (Lipinski definition) is 4. The van der Waals surface area contributed by atoms with E-state index in [9.17, 15) is 14.4 Å². The number of amides is 4. The largest absolute Gasteiger partial charge is 0.495 e. The summed E-state index contributed by atoms with van der Waals surface area (Å²) in [5.41, 5.74) is 1.44. The lowest BCUT2D eigenvalue weighted by molar-refractivity contribution is -0.143. The summed E-state index contributed by atoms with van der Waals surface area (Å²) in [6.07, 6.45) is 3.08. The Bertz CT molecular complexity index is 758. The van der Waals surface area contributed by atoms with Crippen molar-refractivity contribution >= 4 is 23.5 Å². The Balaban J connectivity index is 2.16. The minimum absolute atomic E-state index is 0.270. The van der Waals surface area contributed by atoms with Gasteiger partial charge in [-0.25, -0.2) is 10.3 Å². The van der Waals surface area contributed by atoms with E-state index >= 15 is 0 Å². The second-order valence-corrected chi connectivity index (χ2v) is 8.65. The molecular weight excluding hydrogens is 388 g/mol. The number of nitrogens with one attached hydrogen (secondary N) is 3. The van der Waals surface area contributed by atoms with Crippen LogP contribution < -0.4 is 20.9 Å². The first-order valence-corrected chi connectivity index (χ1v) is 10.1. The summed E-state index contributed by atoms with van der Waals surface area (Å²) in [6, 6.07) is 5.53. The number of para-hydroxylation sites is 2. The number of hydroxylamine groups is 1. The van der Waals surface area contributed by atoms with Gasteiger partial charge in [-0.15, -0.1) is 0 Å². The Labute approximate surface area is 177 Å². The summed E-state index contributed by atoms with van der Waals surface area (Å²) in [5.74, 6) is -0.219. The van der Waals surface area contributed by atoms with E-state index in [1.54, 1.807) is 29.7 Å². The third kappa shape index (κ3) is 6.35. The van der Waals surface area contributed by atoms with Gasteiger partial charge in [0.15, 0.2) is 0 Å². The molecule has 4 amide bonds. The second-order valence-electron chi connectivity index (χ2n) is 8.65. The smallest absolute Gasteiger partial charge is 0.320 e. The number of urea groups is 1. The maximum atomic E-state index is 13.3. The lowest BCUT2D eigenvalue weighted by atomic mass is 9.83. The quantitative estimate of drug-likeness (QED) is 0.380. The topological polar surface area (TPSA) is 120 Å². The standard InChI is InChI=1S/C21H32N4O5/c1-21(2,3)18(23-20(28)22-15-10-5-6-11-16(15)30-4)19(27)25(13-17(26)24-29)12-14-8-7-9-14/h5-6,10-11,14,18,29H,7-9,12-13H2,1-4H3,(H,24,26)(H2,22,23,28)/t18-/m1/s1. The second kappa shape index (κ2) is 10.3. The van der Waals surface area contributed by atoms with Gasteiger partial charge >= 0.3 is 6.03 Å². The van der Waals surface area contributed by atoms with Crippen LogP contribution in [-0.2, 0) is 9.59 Å². The minimum atomic E-state index is -0.876. The Morgan fingerprint density at radius 2 is 1.90 bits per heavy atom.